The van der Waals surface area contributed by atoms with Gasteiger partial charge >= 0.3 is 0 Å². The average Bonchev–Trinajstić information content (AvgIpc) is 3.10. The summed E-state index contributed by atoms with van der Waals surface area (Å²) in [6.45, 7) is 0.785. The second-order valence-electron chi connectivity index (χ2n) is 6.24. The summed E-state index contributed by atoms with van der Waals surface area (Å²) in [6.07, 6.45) is 7.31. The van der Waals surface area contributed by atoms with Gasteiger partial charge in [-0.1, -0.05) is 35.6 Å². The molecule has 0 fully saturated rings. The number of rotatable bonds is 6. The van der Waals surface area contributed by atoms with Crippen LogP contribution in [0.1, 0.15) is 11.3 Å². The molecule has 29 heavy (non-hydrogen) atoms. The fourth-order valence-corrected chi connectivity index (χ4v) is 4.29. The lowest BCUT2D eigenvalue weighted by Crippen LogP contribution is -2.15. The Labute approximate surface area is 177 Å². The maximum Gasteiger partial charge on any atom is 0.190 e. The lowest BCUT2D eigenvalue weighted by molar-refractivity contribution is -0.103. The van der Waals surface area contributed by atoms with Crippen LogP contribution in [-0.2, 0) is 11.3 Å². The normalized spacial score (nSPS) is 12.4. The summed E-state index contributed by atoms with van der Waals surface area (Å²) in [5.74, 6) is 0.734. The maximum absolute atomic E-state index is 11.5. The minimum atomic E-state index is 0.474. The number of thiol groups is 1. The first-order chi connectivity index (χ1) is 14.3. The Morgan fingerprint density at radius 2 is 2.07 bits per heavy atom. The Bertz CT molecular complexity index is 1240. The molecule has 0 aliphatic carbocycles. The summed E-state index contributed by atoms with van der Waals surface area (Å²) in [4.78, 5) is 25.5. The molecule has 0 saturated heterocycles. The number of nitrogens with zero attached hydrogens (tertiary/aromatic N) is 4. The molecule has 0 aliphatic heterocycles. The molecular formula is C22H18N4OS2. The van der Waals surface area contributed by atoms with Crippen LogP contribution in [0.2, 0.25) is 0 Å². The van der Waals surface area contributed by atoms with Gasteiger partial charge in [0.15, 0.2) is 11.1 Å². The fraction of sp³-hybridized carbons (Fsp3) is 0.0909. The van der Waals surface area contributed by atoms with Crippen LogP contribution in [0.3, 0.4) is 0 Å². The van der Waals surface area contributed by atoms with E-state index >= 15 is 0 Å². The molecule has 5 nitrogen and oxygen atoms in total. The maximum atomic E-state index is 11.5. The van der Waals surface area contributed by atoms with E-state index in [2.05, 4.69) is 39.3 Å². The molecule has 2 aromatic carbocycles. The van der Waals surface area contributed by atoms with Crippen LogP contribution in [0.5, 0.6) is 0 Å². The number of aromatic nitrogens is 3. The topological polar surface area (TPSA) is 60.1 Å². The Morgan fingerprint density at radius 3 is 2.86 bits per heavy atom. The largest absolute Gasteiger partial charge is 0.316 e. The van der Waals surface area contributed by atoms with Gasteiger partial charge in [-0.2, -0.15) is 12.6 Å². The van der Waals surface area contributed by atoms with E-state index in [1.54, 1.807) is 36.0 Å². The molecular weight excluding hydrogens is 400 g/mol. The van der Waals surface area contributed by atoms with Gasteiger partial charge in [-0.25, -0.2) is 4.99 Å². The van der Waals surface area contributed by atoms with E-state index in [9.17, 15) is 4.79 Å². The minimum absolute atomic E-state index is 0.474. The van der Waals surface area contributed by atoms with Crippen molar-refractivity contribution in [3.05, 3.63) is 83.2 Å². The monoisotopic (exact) mass is 418 g/mol. The number of carbonyl (C=O) groups is 1. The van der Waals surface area contributed by atoms with Gasteiger partial charge in [0.2, 0.25) is 0 Å². The van der Waals surface area contributed by atoms with Crippen LogP contribution < -0.4 is 4.80 Å². The molecule has 0 N–H and O–H groups in total. The molecule has 4 aromatic rings. The number of hydrogen-bond acceptors (Lipinski definition) is 6. The first kappa shape index (κ1) is 19.3. The van der Waals surface area contributed by atoms with Gasteiger partial charge in [-0.3, -0.25) is 14.8 Å². The second kappa shape index (κ2) is 8.98. The lowest BCUT2D eigenvalue weighted by atomic mass is 10.1. The third kappa shape index (κ3) is 4.36. The Morgan fingerprint density at radius 1 is 1.17 bits per heavy atom. The van der Waals surface area contributed by atoms with E-state index in [0.29, 0.717) is 11.3 Å². The highest BCUT2D eigenvalue weighted by Crippen LogP contribution is 2.21. The van der Waals surface area contributed by atoms with E-state index < -0.39 is 0 Å². The molecule has 0 bridgehead atoms. The van der Waals surface area contributed by atoms with Crippen molar-refractivity contribution in [2.24, 2.45) is 4.99 Å². The summed E-state index contributed by atoms with van der Waals surface area (Å²) < 4.78 is 3.38. The predicted molar refractivity (Wildman–Crippen MR) is 121 cm³/mol. The van der Waals surface area contributed by atoms with Crippen molar-refractivity contribution >= 4 is 57.8 Å². The van der Waals surface area contributed by atoms with Crippen LogP contribution in [-0.4, -0.2) is 26.6 Å². The van der Waals surface area contributed by atoms with Crippen molar-refractivity contribution in [1.82, 2.24) is 14.5 Å². The number of fused-ring (bicyclic) bond motifs is 1. The molecule has 0 saturated carbocycles. The van der Waals surface area contributed by atoms with E-state index in [4.69, 9.17) is 4.99 Å². The van der Waals surface area contributed by atoms with Crippen molar-refractivity contribution in [3.63, 3.8) is 0 Å². The number of aldehydes is 1. The minimum Gasteiger partial charge on any atom is -0.316 e. The summed E-state index contributed by atoms with van der Waals surface area (Å²) in [6, 6.07) is 16.0. The molecule has 4 rings (SSSR count). The van der Waals surface area contributed by atoms with Crippen LogP contribution in [0.15, 0.2) is 72.1 Å². The second-order valence-corrected chi connectivity index (χ2v) is 7.70. The standard InChI is InChI=1S/C22H18N4OS2/c27-15-17(19-14-23-8-9-24-19)12-16-4-3-5-18(13-16)25-22-26(10-11-28)20-6-1-2-7-21(20)29-22/h1-9,12-15,28H,10-11H2. The van der Waals surface area contributed by atoms with Gasteiger partial charge in [0.25, 0.3) is 0 Å². The zero-order valence-corrected chi connectivity index (χ0v) is 17.2. The number of thiazole rings is 1. The molecule has 2 aromatic heterocycles. The van der Waals surface area contributed by atoms with Crippen molar-refractivity contribution in [1.29, 1.82) is 0 Å². The zero-order valence-electron chi connectivity index (χ0n) is 15.5. The average molecular weight is 419 g/mol. The first-order valence-corrected chi connectivity index (χ1v) is 10.5. The molecule has 0 amide bonds. The molecule has 0 atom stereocenters. The number of hydrogen-bond donors (Lipinski definition) is 1. The third-order valence-corrected chi connectivity index (χ3v) is 5.57. The quantitative estimate of drug-likeness (QED) is 0.287. The first-order valence-electron chi connectivity index (χ1n) is 9.06. The van der Waals surface area contributed by atoms with Crippen LogP contribution in [0.25, 0.3) is 21.9 Å². The predicted octanol–water partition coefficient (Wildman–Crippen LogP) is 4.39. The van der Waals surface area contributed by atoms with Gasteiger partial charge in [0, 0.05) is 30.3 Å². The third-order valence-electron chi connectivity index (χ3n) is 4.31. The Balaban J connectivity index is 1.77. The molecule has 144 valence electrons. The van der Waals surface area contributed by atoms with Crippen molar-refractivity contribution in [2.45, 2.75) is 6.54 Å². The van der Waals surface area contributed by atoms with Crippen molar-refractivity contribution in [3.8, 4) is 0 Å². The number of aryl methyl sites for hydroxylation is 1. The smallest absolute Gasteiger partial charge is 0.190 e. The number of allylic oxidation sites excluding steroid dienone is 1. The summed E-state index contributed by atoms with van der Waals surface area (Å²) in [5.41, 5.74) is 3.87. The summed E-state index contributed by atoms with van der Waals surface area (Å²) in [5, 5.41) is 0. The summed E-state index contributed by atoms with van der Waals surface area (Å²) >= 11 is 6.05. The number of para-hydroxylation sites is 1. The van der Waals surface area contributed by atoms with Crippen LogP contribution in [0.4, 0.5) is 5.69 Å². The van der Waals surface area contributed by atoms with Gasteiger partial charge in [0.05, 0.1) is 27.8 Å². The molecule has 0 aliphatic rings. The highest BCUT2D eigenvalue weighted by molar-refractivity contribution is 7.80. The van der Waals surface area contributed by atoms with Crippen molar-refractivity contribution in [2.75, 3.05) is 5.75 Å². The fourth-order valence-electron chi connectivity index (χ4n) is 3.01. The van der Waals surface area contributed by atoms with E-state index in [-0.39, 0.29) is 0 Å². The lowest BCUT2D eigenvalue weighted by Gasteiger charge is -2.03. The highest BCUT2D eigenvalue weighted by atomic mass is 32.1. The Hall–Kier alpha value is -3.03. The number of benzene rings is 2. The molecule has 0 radical (unpaired) electrons. The zero-order chi connectivity index (χ0) is 20.1. The van der Waals surface area contributed by atoms with Crippen LogP contribution in [0, 0.1) is 0 Å². The van der Waals surface area contributed by atoms with E-state index in [1.807, 2.05) is 36.4 Å². The SMILES string of the molecule is O=CC(=Cc1cccc(N=c2sc3ccccc3n2CCS)c1)c1cnccn1. The highest BCUT2D eigenvalue weighted by Gasteiger charge is 2.06. The van der Waals surface area contributed by atoms with Crippen molar-refractivity contribution < 1.29 is 4.79 Å². The summed E-state index contributed by atoms with van der Waals surface area (Å²) in [7, 11) is 0. The van der Waals surface area contributed by atoms with Gasteiger partial charge < -0.3 is 4.57 Å². The number of carbonyl (C=O) groups excluding carboxylic acids is 1. The Kier molecular flexibility index (Phi) is 5.97. The molecule has 0 unspecified atom stereocenters. The van der Waals surface area contributed by atoms with Gasteiger partial charge in [0.1, 0.15) is 0 Å². The van der Waals surface area contributed by atoms with Gasteiger partial charge in [-0.05, 0) is 35.9 Å². The molecule has 2 heterocycles. The molecule has 7 heteroatoms. The van der Waals surface area contributed by atoms with Crippen LogP contribution >= 0.6 is 24.0 Å². The van der Waals surface area contributed by atoms with E-state index in [0.717, 1.165) is 40.2 Å². The molecule has 0 spiro atoms. The van der Waals surface area contributed by atoms with E-state index in [1.165, 1.54) is 4.70 Å². The van der Waals surface area contributed by atoms with Gasteiger partial charge in [-0.15, -0.1) is 0 Å².